The molecular weight excluding hydrogens is 452 g/mol. The van der Waals surface area contributed by atoms with E-state index in [-0.39, 0.29) is 6.04 Å². The summed E-state index contributed by atoms with van der Waals surface area (Å²) >= 11 is 3.60. The number of anilines is 1. The minimum Gasteiger partial charge on any atom is -0.388 e. The average Bonchev–Trinajstić information content (AvgIpc) is 2.77. The Morgan fingerprint density at radius 1 is 1.13 bits per heavy atom. The summed E-state index contributed by atoms with van der Waals surface area (Å²) in [6, 6.07) is 14.9. The van der Waals surface area contributed by atoms with Gasteiger partial charge in [0.15, 0.2) is 0 Å². The van der Waals surface area contributed by atoms with E-state index < -0.39 is 0 Å². The first-order chi connectivity index (χ1) is 14.9. The predicted octanol–water partition coefficient (Wildman–Crippen LogP) is 4.47. The summed E-state index contributed by atoms with van der Waals surface area (Å²) in [4.78, 5) is 18.2. The predicted molar refractivity (Wildman–Crippen MR) is 133 cm³/mol. The van der Waals surface area contributed by atoms with Crippen LogP contribution in [0.4, 0.5) is 5.69 Å². The zero-order valence-electron chi connectivity index (χ0n) is 18.9. The largest absolute Gasteiger partial charge is 0.388 e. The molecule has 2 aromatic carbocycles. The molecule has 6 heteroatoms. The number of amides is 1. The third kappa shape index (κ3) is 6.19. The first-order valence-corrected chi connectivity index (χ1v) is 11.5. The van der Waals surface area contributed by atoms with Gasteiger partial charge in [-0.3, -0.25) is 4.79 Å². The third-order valence-electron chi connectivity index (χ3n) is 5.79. The Hall–Kier alpha value is -2.15. The van der Waals surface area contributed by atoms with Crippen molar-refractivity contribution in [2.45, 2.75) is 19.0 Å². The van der Waals surface area contributed by atoms with Gasteiger partial charge in [0.05, 0.1) is 6.04 Å². The highest BCUT2D eigenvalue weighted by Crippen LogP contribution is 2.36. The van der Waals surface area contributed by atoms with Crippen molar-refractivity contribution >= 4 is 33.6 Å². The molecule has 1 aliphatic heterocycles. The monoisotopic (exact) mass is 484 g/mol. The number of rotatable bonds is 9. The normalized spacial score (nSPS) is 16.5. The number of carbonyl (C=O) groups is 1. The van der Waals surface area contributed by atoms with Gasteiger partial charge in [-0.2, -0.15) is 0 Å². The summed E-state index contributed by atoms with van der Waals surface area (Å²) in [5, 5.41) is 3.29. The first-order valence-electron chi connectivity index (χ1n) is 10.7. The van der Waals surface area contributed by atoms with Gasteiger partial charge in [0, 0.05) is 49.0 Å². The Balaban J connectivity index is 1.82. The van der Waals surface area contributed by atoms with Crippen molar-refractivity contribution in [1.82, 2.24) is 14.7 Å². The van der Waals surface area contributed by atoms with E-state index in [9.17, 15) is 4.79 Å². The van der Waals surface area contributed by atoms with Crippen molar-refractivity contribution < 1.29 is 4.79 Å². The van der Waals surface area contributed by atoms with Crippen molar-refractivity contribution in [1.29, 1.82) is 0 Å². The summed E-state index contributed by atoms with van der Waals surface area (Å²) < 4.78 is 1.06. The fraction of sp³-hybridized carbons (Fsp3) is 0.400. The van der Waals surface area contributed by atoms with E-state index in [2.05, 4.69) is 94.7 Å². The maximum Gasteiger partial charge on any atom is 0.210 e. The lowest BCUT2D eigenvalue weighted by atomic mass is 9.91. The first kappa shape index (κ1) is 23.5. The molecule has 166 valence electrons. The molecule has 1 aliphatic rings. The molecule has 1 amide bonds. The van der Waals surface area contributed by atoms with Crippen LogP contribution in [0.2, 0.25) is 0 Å². The second-order valence-electron chi connectivity index (χ2n) is 8.45. The molecule has 0 aromatic heterocycles. The molecule has 31 heavy (non-hydrogen) atoms. The topological polar surface area (TPSA) is 38.8 Å². The molecule has 0 spiro atoms. The molecule has 2 aromatic rings. The minimum absolute atomic E-state index is 0.0505. The van der Waals surface area contributed by atoms with Gasteiger partial charge >= 0.3 is 0 Å². The Labute approximate surface area is 194 Å². The van der Waals surface area contributed by atoms with Crippen LogP contribution in [-0.2, 0) is 11.3 Å². The Kier molecular flexibility index (Phi) is 8.29. The van der Waals surface area contributed by atoms with Gasteiger partial charge in [0.2, 0.25) is 6.41 Å². The van der Waals surface area contributed by atoms with Gasteiger partial charge in [0.1, 0.15) is 0 Å². The van der Waals surface area contributed by atoms with Crippen LogP contribution in [-0.4, -0.2) is 68.9 Å². The van der Waals surface area contributed by atoms with Gasteiger partial charge in [-0.25, -0.2) is 0 Å². The highest BCUT2D eigenvalue weighted by Gasteiger charge is 2.24. The van der Waals surface area contributed by atoms with Crippen molar-refractivity contribution in [3.63, 3.8) is 0 Å². The Morgan fingerprint density at radius 2 is 1.87 bits per heavy atom. The van der Waals surface area contributed by atoms with Crippen LogP contribution in [0.3, 0.4) is 0 Å². The molecule has 1 unspecified atom stereocenters. The molecule has 0 saturated carbocycles. The Bertz CT molecular complexity index is 910. The van der Waals surface area contributed by atoms with Crippen LogP contribution in [0.5, 0.6) is 0 Å². The number of halogens is 1. The summed E-state index contributed by atoms with van der Waals surface area (Å²) in [6.07, 6.45) is 4.05. The van der Waals surface area contributed by atoms with Gasteiger partial charge in [-0.1, -0.05) is 46.3 Å². The molecule has 0 fully saturated rings. The van der Waals surface area contributed by atoms with Crippen LogP contribution < -0.4 is 5.32 Å². The minimum atomic E-state index is -0.0505. The zero-order chi connectivity index (χ0) is 22.4. The number of hydrogen-bond acceptors (Lipinski definition) is 4. The zero-order valence-corrected chi connectivity index (χ0v) is 20.5. The molecule has 0 bridgehead atoms. The van der Waals surface area contributed by atoms with E-state index in [0.717, 1.165) is 48.2 Å². The van der Waals surface area contributed by atoms with E-state index in [1.807, 2.05) is 18.0 Å². The molecule has 5 nitrogen and oxygen atoms in total. The molecular formula is C25H33BrN4O. The smallest absolute Gasteiger partial charge is 0.210 e. The van der Waals surface area contributed by atoms with Crippen LogP contribution in [0, 0.1) is 0 Å². The molecule has 0 aliphatic carbocycles. The summed E-state index contributed by atoms with van der Waals surface area (Å²) in [5.41, 5.74) is 5.98. The summed E-state index contributed by atoms with van der Waals surface area (Å²) in [5.74, 6) is 0. The number of nitrogens with zero attached hydrogens (tertiary/aromatic N) is 3. The fourth-order valence-electron chi connectivity index (χ4n) is 3.97. The van der Waals surface area contributed by atoms with Gasteiger partial charge in [-0.05, 0) is 62.5 Å². The van der Waals surface area contributed by atoms with E-state index >= 15 is 0 Å². The highest BCUT2D eigenvalue weighted by atomic mass is 79.9. The van der Waals surface area contributed by atoms with E-state index in [4.69, 9.17) is 0 Å². The SMILES string of the molecule is CNc1ccc(Br)cc1C1=CC(c2ccc(CN(C)CCN(C)C)cc2)N(C=O)CC1. The van der Waals surface area contributed by atoms with Crippen LogP contribution in [0.15, 0.2) is 53.0 Å². The van der Waals surface area contributed by atoms with Gasteiger partial charge < -0.3 is 20.0 Å². The number of benzene rings is 2. The Morgan fingerprint density at radius 3 is 2.52 bits per heavy atom. The van der Waals surface area contributed by atoms with Gasteiger partial charge in [-0.15, -0.1) is 0 Å². The lowest BCUT2D eigenvalue weighted by molar-refractivity contribution is -0.119. The molecule has 0 radical (unpaired) electrons. The molecule has 1 heterocycles. The number of carbonyl (C=O) groups excluding carboxylic acids is 1. The van der Waals surface area contributed by atoms with Crippen molar-refractivity contribution in [2.75, 3.05) is 53.1 Å². The molecule has 0 saturated heterocycles. The lowest BCUT2D eigenvalue weighted by Gasteiger charge is -2.32. The number of nitrogens with one attached hydrogen (secondary N) is 1. The number of likely N-dealkylation sites (N-methyl/N-ethyl adjacent to an activating group) is 2. The average molecular weight is 485 g/mol. The van der Waals surface area contributed by atoms with Gasteiger partial charge in [0.25, 0.3) is 0 Å². The number of hydrogen-bond donors (Lipinski definition) is 1. The standard InChI is InChI=1S/C25H33BrN4O/c1-27-24-10-9-22(26)16-23(24)21-11-12-30(18-31)25(15-21)20-7-5-19(6-8-20)17-29(4)14-13-28(2)3/h5-10,15-16,18,25,27H,11-14,17H2,1-4H3. The third-order valence-corrected chi connectivity index (χ3v) is 6.28. The van der Waals surface area contributed by atoms with E-state index in [0.29, 0.717) is 6.54 Å². The molecule has 3 rings (SSSR count). The van der Waals surface area contributed by atoms with Crippen LogP contribution >= 0.6 is 15.9 Å². The maximum atomic E-state index is 11.8. The quantitative estimate of drug-likeness (QED) is 0.532. The van der Waals surface area contributed by atoms with Crippen LogP contribution in [0.25, 0.3) is 5.57 Å². The second kappa shape index (κ2) is 10.9. The van der Waals surface area contributed by atoms with E-state index in [1.165, 1.54) is 16.7 Å². The lowest BCUT2D eigenvalue weighted by Crippen LogP contribution is -2.31. The summed E-state index contributed by atoms with van der Waals surface area (Å²) in [7, 11) is 8.29. The highest BCUT2D eigenvalue weighted by molar-refractivity contribution is 9.10. The second-order valence-corrected chi connectivity index (χ2v) is 9.37. The van der Waals surface area contributed by atoms with Crippen molar-refractivity contribution in [3.8, 4) is 0 Å². The van der Waals surface area contributed by atoms with Crippen molar-refractivity contribution in [3.05, 3.63) is 69.7 Å². The maximum absolute atomic E-state index is 11.8. The fourth-order valence-corrected chi connectivity index (χ4v) is 4.33. The van der Waals surface area contributed by atoms with Crippen LogP contribution in [0.1, 0.15) is 29.2 Å². The van der Waals surface area contributed by atoms with Crippen molar-refractivity contribution in [2.24, 2.45) is 0 Å². The molecule has 1 atom stereocenters. The summed E-state index contributed by atoms with van der Waals surface area (Å²) in [6.45, 7) is 3.71. The molecule has 1 N–H and O–H groups in total. The van der Waals surface area contributed by atoms with E-state index in [1.54, 1.807) is 0 Å².